The minimum Gasteiger partial charge on any atom is -0.495 e. The standard InChI is InChI=1S/C25H25N3O4/c1-31-23-14-8-6-12-21(23)27-24(29)15-16-25(30)28-26-17-20-11-5-7-13-22(20)32-18-19-9-3-2-4-10-19/h2-14,17H,15-16,18H2,1H3,(H,27,29)(H,28,30)/b26-17+. The highest BCUT2D eigenvalue weighted by Crippen LogP contribution is 2.23. The van der Waals surface area contributed by atoms with Gasteiger partial charge < -0.3 is 14.8 Å². The van der Waals surface area contributed by atoms with Crippen LogP contribution in [0.25, 0.3) is 0 Å². The molecule has 2 N–H and O–H groups in total. The highest BCUT2D eigenvalue weighted by Gasteiger charge is 2.09. The minimum atomic E-state index is -0.362. The number of hydrogen-bond acceptors (Lipinski definition) is 5. The van der Waals surface area contributed by atoms with E-state index in [0.29, 0.717) is 23.8 Å². The average Bonchev–Trinajstić information content (AvgIpc) is 2.83. The number of methoxy groups -OCH3 is 1. The first-order valence-electron chi connectivity index (χ1n) is 10.2. The maximum absolute atomic E-state index is 12.1. The highest BCUT2D eigenvalue weighted by atomic mass is 16.5. The Morgan fingerprint density at radius 2 is 1.50 bits per heavy atom. The second-order valence-electron chi connectivity index (χ2n) is 6.85. The fraction of sp³-hybridized carbons (Fsp3) is 0.160. The molecule has 0 aliphatic carbocycles. The Labute approximate surface area is 187 Å². The van der Waals surface area contributed by atoms with Gasteiger partial charge in [-0.15, -0.1) is 0 Å². The zero-order chi connectivity index (χ0) is 22.6. The molecule has 3 aromatic rings. The van der Waals surface area contributed by atoms with Gasteiger partial charge in [0.2, 0.25) is 11.8 Å². The van der Waals surface area contributed by atoms with E-state index in [0.717, 1.165) is 11.1 Å². The summed E-state index contributed by atoms with van der Waals surface area (Å²) >= 11 is 0. The van der Waals surface area contributed by atoms with E-state index in [1.54, 1.807) is 18.2 Å². The Bertz CT molecular complexity index is 1070. The molecule has 7 nitrogen and oxygen atoms in total. The SMILES string of the molecule is COc1ccccc1NC(=O)CCC(=O)N/N=C/c1ccccc1OCc1ccccc1. The molecule has 0 fully saturated rings. The molecule has 3 aromatic carbocycles. The van der Waals surface area contributed by atoms with Crippen LogP contribution in [-0.4, -0.2) is 25.1 Å². The Kier molecular flexibility index (Phi) is 8.39. The van der Waals surface area contributed by atoms with Gasteiger partial charge in [-0.25, -0.2) is 5.43 Å². The second kappa shape index (κ2) is 11.9. The molecule has 3 rings (SSSR count). The van der Waals surface area contributed by atoms with Gasteiger partial charge >= 0.3 is 0 Å². The van der Waals surface area contributed by atoms with Crippen LogP contribution in [0.2, 0.25) is 0 Å². The first-order chi connectivity index (χ1) is 15.7. The average molecular weight is 431 g/mol. The van der Waals surface area contributed by atoms with Crippen molar-refractivity contribution < 1.29 is 19.1 Å². The van der Waals surface area contributed by atoms with E-state index < -0.39 is 0 Å². The monoisotopic (exact) mass is 431 g/mol. The van der Waals surface area contributed by atoms with Crippen molar-refractivity contribution in [2.24, 2.45) is 5.10 Å². The van der Waals surface area contributed by atoms with E-state index >= 15 is 0 Å². The largest absolute Gasteiger partial charge is 0.495 e. The number of nitrogens with zero attached hydrogens (tertiary/aromatic N) is 1. The van der Waals surface area contributed by atoms with Gasteiger partial charge in [0.05, 0.1) is 19.0 Å². The van der Waals surface area contributed by atoms with Crippen molar-refractivity contribution in [2.75, 3.05) is 12.4 Å². The molecule has 0 radical (unpaired) electrons. The number of rotatable bonds is 10. The molecule has 0 atom stereocenters. The molecule has 7 heteroatoms. The van der Waals surface area contributed by atoms with Crippen molar-refractivity contribution in [1.82, 2.24) is 5.43 Å². The third-order valence-corrected chi connectivity index (χ3v) is 4.51. The fourth-order valence-electron chi connectivity index (χ4n) is 2.87. The van der Waals surface area contributed by atoms with Gasteiger partial charge in [0.15, 0.2) is 0 Å². The zero-order valence-corrected chi connectivity index (χ0v) is 17.8. The first kappa shape index (κ1) is 22.6. The number of ether oxygens (including phenoxy) is 2. The summed E-state index contributed by atoms with van der Waals surface area (Å²) in [5, 5.41) is 6.73. The maximum atomic E-state index is 12.1. The molecule has 0 bridgehead atoms. The Morgan fingerprint density at radius 3 is 2.28 bits per heavy atom. The van der Waals surface area contributed by atoms with Gasteiger partial charge in [-0.1, -0.05) is 54.6 Å². The number of para-hydroxylation sites is 3. The maximum Gasteiger partial charge on any atom is 0.240 e. The smallest absolute Gasteiger partial charge is 0.240 e. The number of carbonyl (C=O) groups excluding carboxylic acids is 2. The molecule has 0 aliphatic rings. The van der Waals surface area contributed by atoms with Crippen LogP contribution in [0.3, 0.4) is 0 Å². The molecule has 0 heterocycles. The summed E-state index contributed by atoms with van der Waals surface area (Å²) in [5.41, 5.74) is 4.79. The van der Waals surface area contributed by atoms with Gasteiger partial charge in [-0.05, 0) is 29.8 Å². The van der Waals surface area contributed by atoms with Crippen molar-refractivity contribution in [3.05, 3.63) is 90.0 Å². The molecular weight excluding hydrogens is 406 g/mol. The fourth-order valence-corrected chi connectivity index (χ4v) is 2.87. The summed E-state index contributed by atoms with van der Waals surface area (Å²) in [6.45, 7) is 0.430. The molecule has 0 unspecified atom stereocenters. The predicted molar refractivity (Wildman–Crippen MR) is 124 cm³/mol. The van der Waals surface area contributed by atoms with Crippen molar-refractivity contribution >= 4 is 23.7 Å². The normalized spacial score (nSPS) is 10.5. The van der Waals surface area contributed by atoms with E-state index in [1.807, 2.05) is 60.7 Å². The van der Waals surface area contributed by atoms with Crippen LogP contribution in [0.15, 0.2) is 84.0 Å². The van der Waals surface area contributed by atoms with Crippen molar-refractivity contribution in [3.8, 4) is 11.5 Å². The number of nitrogens with one attached hydrogen (secondary N) is 2. The molecule has 32 heavy (non-hydrogen) atoms. The van der Waals surface area contributed by atoms with Crippen LogP contribution < -0.4 is 20.2 Å². The summed E-state index contributed by atoms with van der Waals surface area (Å²) < 4.78 is 11.1. The topological polar surface area (TPSA) is 89.0 Å². The Hall–Kier alpha value is -4.13. The van der Waals surface area contributed by atoms with Crippen LogP contribution in [0.5, 0.6) is 11.5 Å². The van der Waals surface area contributed by atoms with Crippen LogP contribution >= 0.6 is 0 Å². The number of amides is 2. The lowest BCUT2D eigenvalue weighted by Crippen LogP contribution is -2.20. The van der Waals surface area contributed by atoms with Gasteiger partial charge in [0.25, 0.3) is 0 Å². The van der Waals surface area contributed by atoms with E-state index in [4.69, 9.17) is 9.47 Å². The number of benzene rings is 3. The summed E-state index contributed by atoms with van der Waals surface area (Å²) in [4.78, 5) is 24.2. The third kappa shape index (κ3) is 6.98. The predicted octanol–water partition coefficient (Wildman–Crippen LogP) is 4.14. The Balaban J connectivity index is 1.46. The van der Waals surface area contributed by atoms with Gasteiger partial charge in [0.1, 0.15) is 18.1 Å². The summed E-state index contributed by atoms with van der Waals surface area (Å²) in [6, 6.07) is 24.3. The number of hydrazone groups is 1. The number of hydrogen-bond donors (Lipinski definition) is 2. The van der Waals surface area contributed by atoms with Crippen LogP contribution in [0.4, 0.5) is 5.69 Å². The molecule has 0 spiro atoms. The molecule has 2 amide bonds. The quantitative estimate of drug-likeness (QED) is 0.373. The lowest BCUT2D eigenvalue weighted by Gasteiger charge is -2.09. The first-order valence-corrected chi connectivity index (χ1v) is 10.2. The summed E-state index contributed by atoms with van der Waals surface area (Å²) in [5.74, 6) is 0.570. The van der Waals surface area contributed by atoms with E-state index in [1.165, 1.54) is 13.3 Å². The summed E-state index contributed by atoms with van der Waals surface area (Å²) in [6.07, 6.45) is 1.55. The summed E-state index contributed by atoms with van der Waals surface area (Å²) in [7, 11) is 1.53. The molecule has 0 aromatic heterocycles. The molecule has 0 saturated heterocycles. The van der Waals surface area contributed by atoms with Crippen molar-refractivity contribution in [2.45, 2.75) is 19.4 Å². The highest BCUT2D eigenvalue weighted by molar-refractivity contribution is 5.94. The minimum absolute atomic E-state index is 0.00444. The van der Waals surface area contributed by atoms with Crippen molar-refractivity contribution in [3.63, 3.8) is 0 Å². The second-order valence-corrected chi connectivity index (χ2v) is 6.85. The molecular formula is C25H25N3O4. The lowest BCUT2D eigenvalue weighted by molar-refractivity contribution is -0.124. The van der Waals surface area contributed by atoms with Gasteiger partial charge in [0, 0.05) is 18.4 Å². The van der Waals surface area contributed by atoms with Crippen LogP contribution in [0.1, 0.15) is 24.0 Å². The molecule has 0 saturated carbocycles. The van der Waals surface area contributed by atoms with E-state index in [2.05, 4.69) is 15.8 Å². The van der Waals surface area contributed by atoms with Gasteiger partial charge in [-0.2, -0.15) is 5.10 Å². The van der Waals surface area contributed by atoms with Crippen molar-refractivity contribution in [1.29, 1.82) is 0 Å². The lowest BCUT2D eigenvalue weighted by atomic mass is 10.2. The van der Waals surface area contributed by atoms with Crippen LogP contribution in [-0.2, 0) is 16.2 Å². The zero-order valence-electron chi connectivity index (χ0n) is 17.8. The van der Waals surface area contributed by atoms with Crippen LogP contribution in [0, 0.1) is 0 Å². The number of carbonyl (C=O) groups is 2. The van der Waals surface area contributed by atoms with E-state index in [-0.39, 0.29) is 24.7 Å². The van der Waals surface area contributed by atoms with E-state index in [9.17, 15) is 9.59 Å². The molecule has 0 aliphatic heterocycles. The Morgan fingerprint density at radius 1 is 0.844 bits per heavy atom. The van der Waals surface area contributed by atoms with Gasteiger partial charge in [-0.3, -0.25) is 9.59 Å². The molecule has 164 valence electrons. The third-order valence-electron chi connectivity index (χ3n) is 4.51. The number of anilines is 1.